The van der Waals surface area contributed by atoms with E-state index < -0.39 is 12.1 Å². The second-order valence-corrected chi connectivity index (χ2v) is 7.10. The fourth-order valence-electron chi connectivity index (χ4n) is 2.54. The highest BCUT2D eigenvalue weighted by atomic mass is 32.2. The summed E-state index contributed by atoms with van der Waals surface area (Å²) >= 11 is 1.40. The highest BCUT2D eigenvalue weighted by molar-refractivity contribution is 7.98. The third-order valence-corrected chi connectivity index (χ3v) is 4.81. The Balaban J connectivity index is 1.71. The van der Waals surface area contributed by atoms with Gasteiger partial charge < -0.3 is 14.1 Å². The Labute approximate surface area is 161 Å². The van der Waals surface area contributed by atoms with Crippen LogP contribution in [0.5, 0.6) is 0 Å². The summed E-state index contributed by atoms with van der Waals surface area (Å²) < 4.78 is 11.0. The van der Waals surface area contributed by atoms with E-state index in [9.17, 15) is 9.59 Å². The number of para-hydroxylation sites is 2. The molecule has 0 radical (unpaired) electrons. The first-order chi connectivity index (χ1) is 13.0. The Kier molecular flexibility index (Phi) is 5.81. The van der Waals surface area contributed by atoms with Gasteiger partial charge in [0, 0.05) is 19.8 Å². The zero-order chi connectivity index (χ0) is 19.4. The van der Waals surface area contributed by atoms with Crippen molar-refractivity contribution in [2.75, 3.05) is 14.1 Å². The van der Waals surface area contributed by atoms with E-state index in [1.807, 2.05) is 36.4 Å². The number of carbonyl (C=O) groups is 2. The van der Waals surface area contributed by atoms with Gasteiger partial charge in [0.2, 0.25) is 0 Å². The topological polar surface area (TPSA) is 72.6 Å². The average Bonchev–Trinajstić information content (AvgIpc) is 3.08. The van der Waals surface area contributed by atoms with Crippen molar-refractivity contribution in [2.24, 2.45) is 0 Å². The molecule has 0 saturated heterocycles. The lowest BCUT2D eigenvalue weighted by Gasteiger charge is -2.18. The summed E-state index contributed by atoms with van der Waals surface area (Å²) in [5.74, 6) is -0.290. The SMILES string of the molecule is C[C@H](OC(=O)c1ccccc1CSc1nc2ccccc2o1)C(=O)N(C)C. The van der Waals surface area contributed by atoms with Gasteiger partial charge in [-0.3, -0.25) is 4.79 Å². The van der Waals surface area contributed by atoms with Crippen LogP contribution in [0.15, 0.2) is 58.2 Å². The molecule has 0 saturated carbocycles. The van der Waals surface area contributed by atoms with Crippen LogP contribution in [0.2, 0.25) is 0 Å². The number of fused-ring (bicyclic) bond motifs is 1. The molecule has 27 heavy (non-hydrogen) atoms. The van der Waals surface area contributed by atoms with Gasteiger partial charge in [-0.05, 0) is 30.7 Å². The molecule has 0 spiro atoms. The van der Waals surface area contributed by atoms with Crippen molar-refractivity contribution < 1.29 is 18.7 Å². The fourth-order valence-corrected chi connectivity index (χ4v) is 3.38. The van der Waals surface area contributed by atoms with Crippen molar-refractivity contribution in [3.8, 4) is 0 Å². The van der Waals surface area contributed by atoms with E-state index in [0.717, 1.165) is 16.7 Å². The molecule has 2 aromatic carbocycles. The number of aromatic nitrogens is 1. The number of nitrogens with zero attached hydrogens (tertiary/aromatic N) is 2. The summed E-state index contributed by atoms with van der Waals surface area (Å²) in [4.78, 5) is 30.2. The van der Waals surface area contributed by atoms with Gasteiger partial charge in [-0.1, -0.05) is 42.1 Å². The number of rotatable bonds is 6. The number of esters is 1. The smallest absolute Gasteiger partial charge is 0.339 e. The molecule has 7 heteroatoms. The third-order valence-electron chi connectivity index (χ3n) is 3.94. The number of hydrogen-bond acceptors (Lipinski definition) is 6. The van der Waals surface area contributed by atoms with Gasteiger partial charge >= 0.3 is 5.97 Å². The zero-order valence-electron chi connectivity index (χ0n) is 15.3. The van der Waals surface area contributed by atoms with Crippen LogP contribution >= 0.6 is 11.8 Å². The molecule has 0 aliphatic heterocycles. The quantitative estimate of drug-likeness (QED) is 0.476. The zero-order valence-corrected chi connectivity index (χ0v) is 16.2. The summed E-state index contributed by atoms with van der Waals surface area (Å²) in [5, 5.41) is 0.538. The maximum Gasteiger partial charge on any atom is 0.339 e. The van der Waals surface area contributed by atoms with E-state index >= 15 is 0 Å². The standard InChI is InChI=1S/C20H20N2O4S/c1-13(18(23)22(2)3)25-19(24)15-9-5-4-8-14(15)12-27-20-21-16-10-6-7-11-17(16)26-20/h4-11,13H,12H2,1-3H3/t13-/m0/s1. The largest absolute Gasteiger partial charge is 0.449 e. The van der Waals surface area contributed by atoms with Crippen molar-refractivity contribution in [2.45, 2.75) is 24.0 Å². The van der Waals surface area contributed by atoms with Crippen LogP contribution in [0.1, 0.15) is 22.8 Å². The van der Waals surface area contributed by atoms with Crippen LogP contribution in [-0.4, -0.2) is 42.0 Å². The van der Waals surface area contributed by atoms with Crippen molar-refractivity contribution in [1.29, 1.82) is 0 Å². The number of carbonyl (C=O) groups excluding carboxylic acids is 2. The van der Waals surface area contributed by atoms with E-state index in [-0.39, 0.29) is 5.91 Å². The number of hydrogen-bond donors (Lipinski definition) is 0. The average molecular weight is 384 g/mol. The minimum absolute atomic E-state index is 0.262. The van der Waals surface area contributed by atoms with Crippen LogP contribution in [0.25, 0.3) is 11.1 Å². The van der Waals surface area contributed by atoms with Gasteiger partial charge in [-0.2, -0.15) is 0 Å². The van der Waals surface area contributed by atoms with Crippen molar-refractivity contribution in [3.63, 3.8) is 0 Å². The molecule has 0 fully saturated rings. The normalized spacial score (nSPS) is 12.0. The van der Waals surface area contributed by atoms with E-state index in [2.05, 4.69) is 4.98 Å². The monoisotopic (exact) mass is 384 g/mol. The first-order valence-electron chi connectivity index (χ1n) is 8.44. The minimum Gasteiger partial charge on any atom is -0.449 e. The lowest BCUT2D eigenvalue weighted by atomic mass is 10.1. The van der Waals surface area contributed by atoms with Crippen molar-refractivity contribution >= 4 is 34.7 Å². The maximum atomic E-state index is 12.5. The number of thioether (sulfide) groups is 1. The highest BCUT2D eigenvalue weighted by Gasteiger charge is 2.22. The molecule has 0 unspecified atom stereocenters. The molecule has 3 rings (SSSR count). The lowest BCUT2D eigenvalue weighted by molar-refractivity contribution is -0.137. The molecule has 0 N–H and O–H groups in total. The van der Waals surface area contributed by atoms with Gasteiger partial charge in [0.25, 0.3) is 11.1 Å². The molecule has 1 aromatic heterocycles. The summed E-state index contributed by atoms with van der Waals surface area (Å²) in [7, 11) is 3.25. The molecule has 0 aliphatic carbocycles. The van der Waals surface area contributed by atoms with Gasteiger partial charge in [0.1, 0.15) is 5.52 Å². The van der Waals surface area contributed by atoms with Crippen LogP contribution in [0.3, 0.4) is 0 Å². The Morgan fingerprint density at radius 2 is 1.85 bits per heavy atom. The number of oxazole rings is 1. The Bertz CT molecular complexity index is 934. The molecular weight excluding hydrogens is 364 g/mol. The van der Waals surface area contributed by atoms with Crippen molar-refractivity contribution in [1.82, 2.24) is 9.88 Å². The highest BCUT2D eigenvalue weighted by Crippen LogP contribution is 2.27. The van der Waals surface area contributed by atoms with E-state index in [0.29, 0.717) is 16.5 Å². The third kappa shape index (κ3) is 4.49. The molecule has 3 aromatic rings. The molecule has 0 bridgehead atoms. The minimum atomic E-state index is -0.842. The first-order valence-corrected chi connectivity index (χ1v) is 9.42. The Morgan fingerprint density at radius 1 is 1.15 bits per heavy atom. The second kappa shape index (κ2) is 8.26. The molecule has 1 atom stereocenters. The molecule has 1 amide bonds. The van der Waals surface area contributed by atoms with Crippen LogP contribution in [0.4, 0.5) is 0 Å². The summed E-state index contributed by atoms with van der Waals surface area (Å²) in [6.07, 6.45) is -0.842. The summed E-state index contributed by atoms with van der Waals surface area (Å²) in [5.41, 5.74) is 2.74. The van der Waals surface area contributed by atoms with Gasteiger partial charge in [0.15, 0.2) is 11.7 Å². The predicted octanol–water partition coefficient (Wildman–Crippen LogP) is 3.75. The summed E-state index contributed by atoms with van der Waals surface area (Å²) in [6, 6.07) is 14.7. The second-order valence-electron chi connectivity index (χ2n) is 6.17. The molecule has 6 nitrogen and oxygen atoms in total. The van der Waals surface area contributed by atoms with Crippen LogP contribution < -0.4 is 0 Å². The van der Waals surface area contributed by atoms with Crippen LogP contribution in [-0.2, 0) is 15.3 Å². The molecule has 0 aliphatic rings. The van der Waals surface area contributed by atoms with Crippen molar-refractivity contribution in [3.05, 3.63) is 59.7 Å². The summed E-state index contributed by atoms with van der Waals surface area (Å²) in [6.45, 7) is 1.57. The van der Waals surface area contributed by atoms with Gasteiger partial charge in [-0.15, -0.1) is 0 Å². The number of amides is 1. The number of benzene rings is 2. The number of ether oxygens (including phenoxy) is 1. The van der Waals surface area contributed by atoms with Crippen LogP contribution in [0, 0.1) is 0 Å². The lowest BCUT2D eigenvalue weighted by Crippen LogP contribution is -2.35. The van der Waals surface area contributed by atoms with Gasteiger partial charge in [0.05, 0.1) is 5.56 Å². The molecular formula is C20H20N2O4S. The van der Waals surface area contributed by atoms with E-state index in [1.165, 1.54) is 16.7 Å². The van der Waals surface area contributed by atoms with E-state index in [4.69, 9.17) is 9.15 Å². The Hall–Kier alpha value is -2.80. The first kappa shape index (κ1) is 19.0. The predicted molar refractivity (Wildman–Crippen MR) is 104 cm³/mol. The fraction of sp³-hybridized carbons (Fsp3) is 0.250. The Morgan fingerprint density at radius 3 is 2.59 bits per heavy atom. The van der Waals surface area contributed by atoms with Gasteiger partial charge in [-0.25, -0.2) is 9.78 Å². The maximum absolute atomic E-state index is 12.5. The number of likely N-dealkylation sites (N-methyl/N-ethyl adjacent to an activating group) is 1. The van der Waals surface area contributed by atoms with E-state index in [1.54, 1.807) is 33.2 Å². The molecule has 140 valence electrons. The molecule has 1 heterocycles.